The predicted octanol–water partition coefficient (Wildman–Crippen LogP) is 2.98. The SMILES string of the molecule is CC(=O)Nc1cccc(NC2=NCCC2)c1C.Cl. The average molecular weight is 268 g/mol. The molecule has 5 heteroatoms. The van der Waals surface area contributed by atoms with Crippen molar-refractivity contribution in [2.45, 2.75) is 26.7 Å². The summed E-state index contributed by atoms with van der Waals surface area (Å²) >= 11 is 0. The molecule has 4 nitrogen and oxygen atoms in total. The van der Waals surface area contributed by atoms with Crippen molar-refractivity contribution in [1.29, 1.82) is 0 Å². The van der Waals surface area contributed by atoms with Gasteiger partial charge in [-0.3, -0.25) is 9.79 Å². The smallest absolute Gasteiger partial charge is 0.221 e. The number of carbonyl (C=O) groups is 1. The van der Waals surface area contributed by atoms with Gasteiger partial charge >= 0.3 is 0 Å². The minimum Gasteiger partial charge on any atom is -0.344 e. The fraction of sp³-hybridized carbons (Fsp3) is 0.385. The van der Waals surface area contributed by atoms with Gasteiger partial charge in [-0.05, 0) is 31.0 Å². The monoisotopic (exact) mass is 267 g/mol. The number of hydrogen-bond donors (Lipinski definition) is 2. The molecule has 1 aromatic rings. The molecule has 0 aromatic heterocycles. The van der Waals surface area contributed by atoms with Crippen LogP contribution >= 0.6 is 12.4 Å². The third-order valence-corrected chi connectivity index (χ3v) is 2.80. The number of carbonyl (C=O) groups excluding carboxylic acids is 1. The first-order valence-corrected chi connectivity index (χ1v) is 5.84. The largest absolute Gasteiger partial charge is 0.344 e. The summed E-state index contributed by atoms with van der Waals surface area (Å²) in [5.74, 6) is 0.983. The minimum atomic E-state index is -0.0524. The van der Waals surface area contributed by atoms with Crippen LogP contribution in [0.1, 0.15) is 25.3 Å². The molecule has 98 valence electrons. The van der Waals surface area contributed by atoms with E-state index in [9.17, 15) is 4.79 Å². The average Bonchev–Trinajstić information content (AvgIpc) is 2.76. The van der Waals surface area contributed by atoms with Gasteiger partial charge in [-0.25, -0.2) is 0 Å². The molecule has 1 aliphatic heterocycles. The highest BCUT2D eigenvalue weighted by Crippen LogP contribution is 2.24. The van der Waals surface area contributed by atoms with Crippen LogP contribution in [0.2, 0.25) is 0 Å². The van der Waals surface area contributed by atoms with Gasteiger partial charge in [-0.1, -0.05) is 6.07 Å². The van der Waals surface area contributed by atoms with Gasteiger partial charge in [0, 0.05) is 31.3 Å². The third kappa shape index (κ3) is 3.47. The first-order valence-electron chi connectivity index (χ1n) is 5.84. The number of rotatable bonds is 2. The molecule has 0 bridgehead atoms. The number of hydrogen-bond acceptors (Lipinski definition) is 3. The van der Waals surface area contributed by atoms with Gasteiger partial charge in [0.1, 0.15) is 5.84 Å². The molecule has 0 fully saturated rings. The van der Waals surface area contributed by atoms with Crippen LogP contribution in [0.5, 0.6) is 0 Å². The Labute approximate surface area is 113 Å². The number of halogens is 1. The summed E-state index contributed by atoms with van der Waals surface area (Å²) < 4.78 is 0. The molecule has 0 saturated heterocycles. The zero-order valence-electron chi connectivity index (χ0n) is 10.6. The van der Waals surface area contributed by atoms with Crippen molar-refractivity contribution < 1.29 is 4.79 Å². The highest BCUT2D eigenvalue weighted by Gasteiger charge is 2.09. The van der Waals surface area contributed by atoms with Gasteiger partial charge in [-0.15, -0.1) is 12.4 Å². The highest BCUT2D eigenvalue weighted by atomic mass is 35.5. The van der Waals surface area contributed by atoms with Crippen molar-refractivity contribution in [1.82, 2.24) is 0 Å². The maximum absolute atomic E-state index is 11.1. The molecule has 2 rings (SSSR count). The molecule has 0 unspecified atom stereocenters. The molecule has 1 aromatic carbocycles. The van der Waals surface area contributed by atoms with E-state index >= 15 is 0 Å². The number of anilines is 2. The maximum atomic E-state index is 11.1. The molecule has 18 heavy (non-hydrogen) atoms. The molecule has 2 N–H and O–H groups in total. The first kappa shape index (κ1) is 14.5. The van der Waals surface area contributed by atoms with E-state index in [0.29, 0.717) is 0 Å². The van der Waals surface area contributed by atoms with Gasteiger partial charge in [0.15, 0.2) is 0 Å². The molecule has 0 radical (unpaired) electrons. The van der Waals surface area contributed by atoms with E-state index in [1.165, 1.54) is 6.92 Å². The van der Waals surface area contributed by atoms with Crippen LogP contribution < -0.4 is 10.6 Å². The molecule has 0 saturated carbocycles. The van der Waals surface area contributed by atoms with E-state index < -0.39 is 0 Å². The van der Waals surface area contributed by atoms with E-state index in [-0.39, 0.29) is 18.3 Å². The summed E-state index contributed by atoms with van der Waals surface area (Å²) in [7, 11) is 0. The van der Waals surface area contributed by atoms with Crippen LogP contribution in [-0.4, -0.2) is 18.3 Å². The van der Waals surface area contributed by atoms with Gasteiger partial charge in [0.2, 0.25) is 5.91 Å². The van der Waals surface area contributed by atoms with Crippen molar-refractivity contribution >= 4 is 35.5 Å². The van der Waals surface area contributed by atoms with Crippen LogP contribution in [0.25, 0.3) is 0 Å². The zero-order valence-corrected chi connectivity index (χ0v) is 11.4. The van der Waals surface area contributed by atoms with Gasteiger partial charge in [0.05, 0.1) is 0 Å². The fourth-order valence-corrected chi connectivity index (χ4v) is 1.89. The second-order valence-electron chi connectivity index (χ2n) is 4.22. The van der Waals surface area contributed by atoms with Crippen molar-refractivity contribution in [3.05, 3.63) is 23.8 Å². The Hall–Kier alpha value is -1.55. The normalized spacial score (nSPS) is 13.6. The second kappa shape index (κ2) is 6.40. The number of aliphatic imine (C=N–C) groups is 1. The first-order chi connectivity index (χ1) is 8.16. The van der Waals surface area contributed by atoms with Crippen molar-refractivity contribution in [3.8, 4) is 0 Å². The Bertz CT molecular complexity index is 471. The standard InChI is InChI=1S/C13H17N3O.ClH/c1-9-11(15-10(2)17)5-3-6-12(9)16-13-7-4-8-14-13;/h3,5-6H,4,7-8H2,1-2H3,(H,14,16)(H,15,17);1H. The number of amides is 1. The fourth-order valence-electron chi connectivity index (χ4n) is 1.89. The Balaban J connectivity index is 0.00000162. The quantitative estimate of drug-likeness (QED) is 0.866. The molecule has 1 aliphatic rings. The van der Waals surface area contributed by atoms with Crippen LogP contribution in [0.3, 0.4) is 0 Å². The third-order valence-electron chi connectivity index (χ3n) is 2.80. The summed E-state index contributed by atoms with van der Waals surface area (Å²) in [6.07, 6.45) is 2.12. The van der Waals surface area contributed by atoms with E-state index in [1.807, 2.05) is 25.1 Å². The summed E-state index contributed by atoms with van der Waals surface area (Å²) in [4.78, 5) is 15.4. The van der Waals surface area contributed by atoms with Gasteiger partial charge in [-0.2, -0.15) is 0 Å². The Kier molecular flexibility index (Phi) is 5.16. The van der Waals surface area contributed by atoms with Crippen LogP contribution in [0.4, 0.5) is 11.4 Å². The molecule has 1 heterocycles. The molecular formula is C13H18ClN3O. The van der Waals surface area contributed by atoms with Crippen LogP contribution in [-0.2, 0) is 4.79 Å². The van der Waals surface area contributed by atoms with Gasteiger partial charge < -0.3 is 10.6 Å². The van der Waals surface area contributed by atoms with Crippen molar-refractivity contribution in [2.75, 3.05) is 17.2 Å². The van der Waals surface area contributed by atoms with Crippen LogP contribution in [0.15, 0.2) is 23.2 Å². The zero-order chi connectivity index (χ0) is 12.3. The molecule has 0 aliphatic carbocycles. The van der Waals surface area contributed by atoms with E-state index in [4.69, 9.17) is 0 Å². The number of nitrogens with zero attached hydrogens (tertiary/aromatic N) is 1. The molecule has 0 spiro atoms. The lowest BCUT2D eigenvalue weighted by Crippen LogP contribution is -2.12. The number of benzene rings is 1. The summed E-state index contributed by atoms with van der Waals surface area (Å²) in [6.45, 7) is 4.41. The number of nitrogens with one attached hydrogen (secondary N) is 2. The Morgan fingerprint density at radius 1 is 1.33 bits per heavy atom. The maximum Gasteiger partial charge on any atom is 0.221 e. The molecule has 1 amide bonds. The van der Waals surface area contributed by atoms with Crippen LogP contribution in [0, 0.1) is 6.92 Å². The molecular weight excluding hydrogens is 250 g/mol. The summed E-state index contributed by atoms with van der Waals surface area (Å²) in [5.41, 5.74) is 2.90. The van der Waals surface area contributed by atoms with E-state index in [2.05, 4.69) is 15.6 Å². The van der Waals surface area contributed by atoms with E-state index in [1.54, 1.807) is 0 Å². The minimum absolute atomic E-state index is 0. The Morgan fingerprint density at radius 2 is 2.06 bits per heavy atom. The van der Waals surface area contributed by atoms with Gasteiger partial charge in [0.25, 0.3) is 0 Å². The number of amidine groups is 1. The second-order valence-corrected chi connectivity index (χ2v) is 4.22. The predicted molar refractivity (Wildman–Crippen MR) is 77.9 cm³/mol. The lowest BCUT2D eigenvalue weighted by molar-refractivity contribution is -0.114. The van der Waals surface area contributed by atoms with Crippen molar-refractivity contribution in [3.63, 3.8) is 0 Å². The highest BCUT2D eigenvalue weighted by molar-refractivity contribution is 5.98. The topological polar surface area (TPSA) is 53.5 Å². The lowest BCUT2D eigenvalue weighted by Gasteiger charge is -2.13. The summed E-state index contributed by atoms with van der Waals surface area (Å²) in [5, 5.41) is 6.14. The Morgan fingerprint density at radius 3 is 2.67 bits per heavy atom. The molecule has 0 atom stereocenters. The van der Waals surface area contributed by atoms with Crippen molar-refractivity contribution in [2.24, 2.45) is 4.99 Å². The lowest BCUT2D eigenvalue weighted by atomic mass is 10.1. The summed E-state index contributed by atoms with van der Waals surface area (Å²) in [6, 6.07) is 5.83. The van der Waals surface area contributed by atoms with E-state index in [0.717, 1.165) is 42.2 Å².